The van der Waals surface area contributed by atoms with E-state index in [0.717, 1.165) is 0 Å². The van der Waals surface area contributed by atoms with Crippen molar-refractivity contribution in [2.75, 3.05) is 5.75 Å². The van der Waals surface area contributed by atoms with E-state index < -0.39 is 27.5 Å². The second kappa shape index (κ2) is 1.53. The van der Waals surface area contributed by atoms with E-state index in [1.807, 2.05) is 0 Å². The van der Waals surface area contributed by atoms with Crippen LogP contribution < -0.4 is 4.72 Å². The summed E-state index contributed by atoms with van der Waals surface area (Å²) in [5.74, 6) is -2.63. The minimum absolute atomic E-state index is 0.703. The van der Waals surface area contributed by atoms with Gasteiger partial charge in [-0.2, -0.15) is 0 Å². The van der Waals surface area contributed by atoms with Crippen molar-refractivity contribution in [1.29, 1.82) is 0 Å². The normalized spacial score (nSPS) is 24.0. The zero-order valence-corrected chi connectivity index (χ0v) is 5.06. The molecule has 0 spiro atoms. The molecule has 0 radical (unpaired) electrons. The molecule has 0 aromatic carbocycles. The van der Waals surface area contributed by atoms with E-state index in [9.17, 15) is 18.0 Å². The number of ketones is 1. The van der Waals surface area contributed by atoms with Gasteiger partial charge in [0.25, 0.3) is 0 Å². The lowest BCUT2D eigenvalue weighted by molar-refractivity contribution is -0.134. The Bertz CT molecular complexity index is 242. The molecule has 50 valence electrons. The number of hydrogen-bond donors (Lipinski definition) is 1. The van der Waals surface area contributed by atoms with Crippen LogP contribution in [0.1, 0.15) is 0 Å². The van der Waals surface area contributed by atoms with Crippen LogP contribution in [0.2, 0.25) is 0 Å². The van der Waals surface area contributed by atoms with Gasteiger partial charge < -0.3 is 0 Å². The number of Topliss-reactive ketones (excluding diaryl/α,β-unsaturated/α-hetero) is 1. The van der Waals surface area contributed by atoms with Crippen molar-refractivity contribution in [1.82, 2.24) is 4.72 Å². The first kappa shape index (κ1) is 6.21. The van der Waals surface area contributed by atoms with Crippen molar-refractivity contribution >= 4 is 21.7 Å². The number of carbonyl (C=O) groups excluding carboxylic acids is 2. The van der Waals surface area contributed by atoms with E-state index in [2.05, 4.69) is 0 Å². The van der Waals surface area contributed by atoms with Gasteiger partial charge in [0.05, 0.1) is 0 Å². The highest BCUT2D eigenvalue weighted by molar-refractivity contribution is 7.91. The molecular weight excluding hydrogens is 146 g/mol. The SMILES string of the molecule is O=C1CS(=O)(=O)NC1=O. The molecule has 1 fully saturated rings. The van der Waals surface area contributed by atoms with Crippen molar-refractivity contribution < 1.29 is 18.0 Å². The molecule has 0 atom stereocenters. The topological polar surface area (TPSA) is 80.3 Å². The van der Waals surface area contributed by atoms with E-state index in [1.54, 1.807) is 0 Å². The highest BCUT2D eigenvalue weighted by Gasteiger charge is 2.32. The third-order valence-corrected chi connectivity index (χ3v) is 1.96. The summed E-state index contributed by atoms with van der Waals surface area (Å²) in [6.45, 7) is 0. The van der Waals surface area contributed by atoms with Crippen LogP contribution in [0.3, 0.4) is 0 Å². The van der Waals surface area contributed by atoms with Crippen LogP contribution in [0.15, 0.2) is 0 Å². The molecule has 1 amide bonds. The zero-order valence-electron chi connectivity index (χ0n) is 4.25. The molecule has 1 aliphatic heterocycles. The minimum atomic E-state index is -3.59. The first-order valence-electron chi connectivity index (χ1n) is 2.09. The fourth-order valence-corrected chi connectivity index (χ4v) is 1.42. The number of nitrogens with one attached hydrogen (secondary N) is 1. The van der Waals surface area contributed by atoms with Gasteiger partial charge in [0.1, 0.15) is 5.75 Å². The summed E-state index contributed by atoms with van der Waals surface area (Å²) < 4.78 is 22.1. The van der Waals surface area contributed by atoms with Crippen molar-refractivity contribution in [3.8, 4) is 0 Å². The summed E-state index contributed by atoms with van der Waals surface area (Å²) in [6, 6.07) is 0. The molecule has 0 unspecified atom stereocenters. The second-order valence-electron chi connectivity index (χ2n) is 1.61. The molecule has 1 aliphatic rings. The molecule has 0 aromatic heterocycles. The summed E-state index contributed by atoms with van der Waals surface area (Å²) >= 11 is 0. The Morgan fingerprint density at radius 2 is 1.89 bits per heavy atom. The van der Waals surface area contributed by atoms with E-state index in [4.69, 9.17) is 0 Å². The highest BCUT2D eigenvalue weighted by Crippen LogP contribution is 1.94. The Hall–Kier alpha value is -0.910. The Kier molecular flexibility index (Phi) is 1.06. The maximum absolute atomic E-state index is 10.3. The standard InChI is InChI=1S/C3H3NO4S/c5-2-1-9(7,8)4-3(2)6/h1H2,(H,4,6). The summed E-state index contributed by atoms with van der Waals surface area (Å²) in [5, 5.41) is 0. The van der Waals surface area contributed by atoms with Gasteiger partial charge in [-0.3, -0.25) is 9.59 Å². The van der Waals surface area contributed by atoms with Crippen molar-refractivity contribution in [2.45, 2.75) is 0 Å². The Labute approximate surface area is 51.1 Å². The monoisotopic (exact) mass is 149 g/mol. The number of sulfonamides is 1. The third kappa shape index (κ3) is 1.07. The second-order valence-corrected chi connectivity index (χ2v) is 3.34. The number of rotatable bonds is 0. The molecule has 5 nitrogen and oxygen atoms in total. The fourth-order valence-electron chi connectivity index (χ4n) is 0.472. The van der Waals surface area contributed by atoms with Crippen LogP contribution in [0.5, 0.6) is 0 Å². The Balaban J connectivity index is 3.03. The van der Waals surface area contributed by atoms with Gasteiger partial charge in [0.15, 0.2) is 0 Å². The molecule has 1 saturated heterocycles. The first-order valence-corrected chi connectivity index (χ1v) is 3.74. The van der Waals surface area contributed by atoms with Crippen LogP contribution in [0.25, 0.3) is 0 Å². The summed E-state index contributed by atoms with van der Waals surface area (Å²) in [4.78, 5) is 20.3. The van der Waals surface area contributed by atoms with E-state index in [1.165, 1.54) is 4.72 Å². The molecule has 0 aliphatic carbocycles. The average Bonchev–Trinajstić information content (AvgIpc) is 1.79. The van der Waals surface area contributed by atoms with Crippen LogP contribution >= 0.6 is 0 Å². The Morgan fingerprint density at radius 3 is 2.00 bits per heavy atom. The van der Waals surface area contributed by atoms with E-state index in [-0.39, 0.29) is 0 Å². The van der Waals surface area contributed by atoms with Gasteiger partial charge in [-0.1, -0.05) is 0 Å². The third-order valence-electron chi connectivity index (χ3n) is 0.823. The molecule has 1 heterocycles. The van der Waals surface area contributed by atoms with Crippen molar-refractivity contribution in [3.63, 3.8) is 0 Å². The quantitative estimate of drug-likeness (QED) is 0.404. The molecule has 1 rings (SSSR count). The van der Waals surface area contributed by atoms with Gasteiger partial charge in [0, 0.05) is 0 Å². The van der Waals surface area contributed by atoms with Crippen molar-refractivity contribution in [3.05, 3.63) is 0 Å². The molecule has 0 bridgehead atoms. The lowest BCUT2D eigenvalue weighted by Crippen LogP contribution is -2.21. The summed E-state index contributed by atoms with van der Waals surface area (Å²) in [5.41, 5.74) is 0. The summed E-state index contributed by atoms with van der Waals surface area (Å²) in [6.07, 6.45) is 0. The van der Waals surface area contributed by atoms with Crippen LogP contribution in [0.4, 0.5) is 0 Å². The molecule has 0 saturated carbocycles. The van der Waals surface area contributed by atoms with E-state index in [0.29, 0.717) is 0 Å². The predicted octanol–water partition coefficient (Wildman–Crippen LogP) is -1.98. The fraction of sp³-hybridized carbons (Fsp3) is 0.333. The zero-order chi connectivity index (χ0) is 7.07. The molecular formula is C3H3NO4S. The van der Waals surface area contributed by atoms with Gasteiger partial charge in [-0.25, -0.2) is 13.1 Å². The molecule has 1 N–H and O–H groups in total. The average molecular weight is 149 g/mol. The van der Waals surface area contributed by atoms with E-state index >= 15 is 0 Å². The molecule has 9 heavy (non-hydrogen) atoms. The van der Waals surface area contributed by atoms with Gasteiger partial charge >= 0.3 is 5.91 Å². The number of carbonyl (C=O) groups is 2. The maximum Gasteiger partial charge on any atom is 0.301 e. The minimum Gasteiger partial charge on any atom is -0.287 e. The van der Waals surface area contributed by atoms with Gasteiger partial charge in [-0.15, -0.1) is 0 Å². The van der Waals surface area contributed by atoms with Crippen LogP contribution in [-0.2, 0) is 19.6 Å². The van der Waals surface area contributed by atoms with Crippen molar-refractivity contribution in [2.24, 2.45) is 0 Å². The maximum atomic E-state index is 10.3. The lowest BCUT2D eigenvalue weighted by Gasteiger charge is -1.84. The lowest BCUT2D eigenvalue weighted by atomic mass is 10.4. The van der Waals surface area contributed by atoms with Gasteiger partial charge in [-0.05, 0) is 0 Å². The van der Waals surface area contributed by atoms with Gasteiger partial charge in [0.2, 0.25) is 15.8 Å². The highest BCUT2D eigenvalue weighted by atomic mass is 32.2. The summed E-state index contributed by atoms with van der Waals surface area (Å²) in [7, 11) is -3.59. The largest absolute Gasteiger partial charge is 0.301 e. The number of amides is 1. The van der Waals surface area contributed by atoms with Crippen LogP contribution in [0, 0.1) is 0 Å². The smallest absolute Gasteiger partial charge is 0.287 e. The molecule has 6 heteroatoms. The first-order chi connectivity index (χ1) is 4.01. The number of hydrogen-bond acceptors (Lipinski definition) is 4. The Morgan fingerprint density at radius 1 is 1.33 bits per heavy atom. The molecule has 0 aromatic rings. The van der Waals surface area contributed by atoms with Crippen LogP contribution in [-0.4, -0.2) is 25.9 Å². The predicted molar refractivity (Wildman–Crippen MR) is 26.9 cm³/mol.